The molecule has 0 bridgehead atoms. The van der Waals surface area contributed by atoms with E-state index in [1.165, 1.54) is 4.90 Å². The third-order valence-corrected chi connectivity index (χ3v) is 4.46. The fraction of sp³-hybridized carbons (Fsp3) is 0.381. The molecule has 0 aliphatic rings. The number of benzene rings is 1. The van der Waals surface area contributed by atoms with Crippen molar-refractivity contribution < 1.29 is 48.2 Å². The summed E-state index contributed by atoms with van der Waals surface area (Å²) in [6.07, 6.45) is -3.09. The highest BCUT2D eigenvalue weighted by Gasteiger charge is 2.30. The van der Waals surface area contributed by atoms with Crippen LogP contribution in [0.4, 0.5) is 10.5 Å². The van der Waals surface area contributed by atoms with E-state index in [4.69, 9.17) is 9.47 Å². The number of amides is 1. The zero-order chi connectivity index (χ0) is 26.7. The standard InChI is InChI=1S/C21H23N3O11/c1-5-23(6-2)19(27)13(11-22)7-12-8-14(24(30)31)18(26)15(9-12)34-21(29)35-16(20(28)33-4)10-17(25)32-3/h7-9,16,26H,5-6,10H2,1-4H3. The summed E-state index contributed by atoms with van der Waals surface area (Å²) in [5.41, 5.74) is -1.41. The summed E-state index contributed by atoms with van der Waals surface area (Å²) in [4.78, 5) is 59.6. The van der Waals surface area contributed by atoms with Gasteiger partial charge in [-0.3, -0.25) is 19.7 Å². The Bertz CT molecular complexity index is 1070. The molecule has 14 heteroatoms. The van der Waals surface area contributed by atoms with Crippen LogP contribution in [0.15, 0.2) is 17.7 Å². The zero-order valence-electron chi connectivity index (χ0n) is 19.3. The van der Waals surface area contributed by atoms with Gasteiger partial charge < -0.3 is 29.0 Å². The third-order valence-electron chi connectivity index (χ3n) is 4.46. The van der Waals surface area contributed by atoms with Crippen LogP contribution in [0, 0.1) is 21.4 Å². The van der Waals surface area contributed by atoms with E-state index in [1.54, 1.807) is 19.9 Å². The lowest BCUT2D eigenvalue weighted by Gasteiger charge is -2.17. The molecule has 0 heterocycles. The molecule has 0 spiro atoms. The fourth-order valence-corrected chi connectivity index (χ4v) is 2.67. The predicted octanol–water partition coefficient (Wildman–Crippen LogP) is 1.70. The van der Waals surface area contributed by atoms with E-state index in [9.17, 15) is 39.7 Å². The van der Waals surface area contributed by atoms with E-state index in [0.717, 1.165) is 32.4 Å². The Morgan fingerprint density at radius 1 is 1.20 bits per heavy atom. The number of phenols is 1. The van der Waals surface area contributed by atoms with E-state index >= 15 is 0 Å². The molecular formula is C21H23N3O11. The van der Waals surface area contributed by atoms with E-state index in [1.807, 2.05) is 0 Å². The second kappa shape index (κ2) is 13.1. The Balaban J connectivity index is 3.37. The number of nitro benzene ring substituents is 1. The highest BCUT2D eigenvalue weighted by atomic mass is 16.7. The largest absolute Gasteiger partial charge is 0.514 e. The first-order chi connectivity index (χ1) is 16.5. The van der Waals surface area contributed by atoms with Crippen LogP contribution in [0.2, 0.25) is 0 Å². The summed E-state index contributed by atoms with van der Waals surface area (Å²) in [6, 6.07) is 3.49. The van der Waals surface area contributed by atoms with Gasteiger partial charge in [-0.2, -0.15) is 5.26 Å². The number of carbonyl (C=O) groups is 4. The molecule has 0 aromatic heterocycles. The highest BCUT2D eigenvalue weighted by Crippen LogP contribution is 2.38. The van der Waals surface area contributed by atoms with Crippen molar-refractivity contribution >= 4 is 35.8 Å². The summed E-state index contributed by atoms with van der Waals surface area (Å²) in [6.45, 7) is 4.00. The summed E-state index contributed by atoms with van der Waals surface area (Å²) in [5, 5.41) is 30.9. The normalized spacial score (nSPS) is 11.5. The molecule has 0 aliphatic carbocycles. The van der Waals surface area contributed by atoms with Crippen LogP contribution in [-0.2, 0) is 28.6 Å². The topological polar surface area (TPSA) is 196 Å². The first-order valence-electron chi connectivity index (χ1n) is 9.98. The molecule has 1 amide bonds. The van der Waals surface area contributed by atoms with Crippen molar-refractivity contribution in [3.8, 4) is 17.6 Å². The molecule has 1 rings (SSSR count). The number of phenolic OH excluding ortho intramolecular Hbond substituents is 1. The van der Waals surface area contributed by atoms with Gasteiger partial charge in [-0.1, -0.05) is 0 Å². The number of hydrogen-bond acceptors (Lipinski definition) is 12. The van der Waals surface area contributed by atoms with Crippen molar-refractivity contribution in [2.45, 2.75) is 26.4 Å². The lowest BCUT2D eigenvalue weighted by molar-refractivity contribution is -0.385. The van der Waals surface area contributed by atoms with Crippen molar-refractivity contribution in [3.63, 3.8) is 0 Å². The van der Waals surface area contributed by atoms with E-state index in [2.05, 4.69) is 9.47 Å². The molecule has 0 saturated carbocycles. The van der Waals surface area contributed by atoms with E-state index < -0.39 is 58.6 Å². The third kappa shape index (κ3) is 7.70. The van der Waals surface area contributed by atoms with Crippen molar-refractivity contribution in [3.05, 3.63) is 33.4 Å². The Morgan fingerprint density at radius 2 is 1.83 bits per heavy atom. The monoisotopic (exact) mass is 493 g/mol. The number of carbonyl (C=O) groups excluding carboxylic acids is 4. The average Bonchev–Trinajstić information content (AvgIpc) is 2.83. The van der Waals surface area contributed by atoms with Gasteiger partial charge in [-0.25, -0.2) is 9.59 Å². The quantitative estimate of drug-likeness (QED) is 0.0943. The first kappa shape index (κ1) is 28.4. The van der Waals surface area contributed by atoms with Gasteiger partial charge in [0.1, 0.15) is 11.6 Å². The van der Waals surface area contributed by atoms with Gasteiger partial charge in [-0.05, 0) is 31.6 Å². The zero-order valence-corrected chi connectivity index (χ0v) is 19.3. The van der Waals surface area contributed by atoms with Gasteiger partial charge in [0, 0.05) is 19.2 Å². The van der Waals surface area contributed by atoms with Gasteiger partial charge in [0.2, 0.25) is 11.9 Å². The molecule has 0 saturated heterocycles. The van der Waals surface area contributed by atoms with Crippen molar-refractivity contribution in [1.82, 2.24) is 4.90 Å². The van der Waals surface area contributed by atoms with Crippen LogP contribution < -0.4 is 4.74 Å². The molecule has 0 fully saturated rings. The number of nitriles is 1. The lowest BCUT2D eigenvalue weighted by atomic mass is 10.1. The molecule has 1 aromatic carbocycles. The average molecular weight is 493 g/mol. The highest BCUT2D eigenvalue weighted by molar-refractivity contribution is 6.01. The minimum absolute atomic E-state index is 0.131. The van der Waals surface area contributed by atoms with Gasteiger partial charge in [0.15, 0.2) is 5.75 Å². The minimum atomic E-state index is -1.77. The fourth-order valence-electron chi connectivity index (χ4n) is 2.67. The molecule has 1 N–H and O–H groups in total. The number of likely N-dealkylation sites (N-methyl/N-ethyl adjacent to an activating group) is 1. The molecule has 188 valence electrons. The molecule has 35 heavy (non-hydrogen) atoms. The van der Waals surface area contributed by atoms with Crippen LogP contribution in [0.5, 0.6) is 11.5 Å². The van der Waals surface area contributed by atoms with Gasteiger partial charge in [0.25, 0.3) is 5.91 Å². The van der Waals surface area contributed by atoms with E-state index in [-0.39, 0.29) is 11.1 Å². The van der Waals surface area contributed by atoms with Crippen molar-refractivity contribution in [2.75, 3.05) is 27.3 Å². The number of nitrogens with zero attached hydrogens (tertiary/aromatic N) is 3. The summed E-state index contributed by atoms with van der Waals surface area (Å²) >= 11 is 0. The second-order valence-electron chi connectivity index (χ2n) is 6.55. The van der Waals surface area contributed by atoms with Crippen LogP contribution in [0.1, 0.15) is 25.8 Å². The van der Waals surface area contributed by atoms with Crippen LogP contribution in [0.3, 0.4) is 0 Å². The van der Waals surface area contributed by atoms with Crippen LogP contribution in [0.25, 0.3) is 6.08 Å². The smallest absolute Gasteiger partial charge is 0.499 e. The Morgan fingerprint density at radius 3 is 2.31 bits per heavy atom. The number of esters is 2. The Labute approximate surface area is 199 Å². The number of aromatic hydroxyl groups is 1. The van der Waals surface area contributed by atoms with Crippen molar-refractivity contribution in [1.29, 1.82) is 5.26 Å². The number of ether oxygens (including phenoxy) is 4. The maximum Gasteiger partial charge on any atom is 0.514 e. The number of hydrogen-bond donors (Lipinski definition) is 1. The number of nitro groups is 1. The second-order valence-corrected chi connectivity index (χ2v) is 6.55. The predicted molar refractivity (Wildman–Crippen MR) is 116 cm³/mol. The molecule has 1 aromatic rings. The molecule has 0 aliphatic heterocycles. The van der Waals surface area contributed by atoms with Gasteiger partial charge in [0.05, 0.1) is 25.6 Å². The summed E-state index contributed by atoms with van der Waals surface area (Å²) < 4.78 is 18.3. The van der Waals surface area contributed by atoms with Gasteiger partial charge in [-0.15, -0.1) is 0 Å². The van der Waals surface area contributed by atoms with Crippen LogP contribution in [-0.4, -0.2) is 72.3 Å². The lowest BCUT2D eigenvalue weighted by Crippen LogP contribution is -2.32. The summed E-state index contributed by atoms with van der Waals surface area (Å²) in [7, 11) is 2.00. The number of methoxy groups -OCH3 is 2. The maximum absolute atomic E-state index is 12.5. The number of rotatable bonds is 10. The Hall–Kier alpha value is -4.67. The van der Waals surface area contributed by atoms with Crippen LogP contribution >= 0.6 is 0 Å². The SMILES string of the molecule is CCN(CC)C(=O)C(C#N)=Cc1cc(OC(=O)OC(CC(=O)OC)C(=O)OC)c(O)c([N+](=O)[O-])c1. The molecule has 14 nitrogen and oxygen atoms in total. The summed E-state index contributed by atoms with van der Waals surface area (Å²) in [5.74, 6) is -4.52. The maximum atomic E-state index is 12.5. The van der Waals surface area contributed by atoms with E-state index in [0.29, 0.717) is 13.1 Å². The molecule has 0 radical (unpaired) electrons. The first-order valence-corrected chi connectivity index (χ1v) is 9.98. The minimum Gasteiger partial charge on any atom is -0.499 e. The molecule has 1 atom stereocenters. The Kier molecular flexibility index (Phi) is 10.6. The van der Waals surface area contributed by atoms with Crippen molar-refractivity contribution in [2.24, 2.45) is 0 Å². The van der Waals surface area contributed by atoms with Gasteiger partial charge >= 0.3 is 23.8 Å². The molecular weight excluding hydrogens is 470 g/mol. The molecule has 1 unspecified atom stereocenters.